The van der Waals surface area contributed by atoms with Crippen LogP contribution >= 0.6 is 0 Å². The Morgan fingerprint density at radius 3 is 2.74 bits per heavy atom. The van der Waals surface area contributed by atoms with Crippen LogP contribution in [0.1, 0.15) is 16.8 Å². The van der Waals surface area contributed by atoms with E-state index in [0.29, 0.717) is 18.5 Å². The minimum Gasteiger partial charge on any atom is -0.373 e. The van der Waals surface area contributed by atoms with Crippen LogP contribution in [0.2, 0.25) is 0 Å². The fraction of sp³-hybridized carbons (Fsp3) is 0.333. The maximum atomic E-state index is 11.1. The molecule has 1 aromatic rings. The molecule has 0 aliphatic rings. The summed E-state index contributed by atoms with van der Waals surface area (Å²) in [6.07, 6.45) is 0.848. The molecule has 0 fully saturated rings. The molecule has 1 rings (SSSR count). The quantitative estimate of drug-likeness (QED) is 0.470. The summed E-state index contributed by atoms with van der Waals surface area (Å²) in [6, 6.07) is 4.06. The molecule has 0 unspecified atom stereocenters. The number of nitrogens with one attached hydrogen (secondary N) is 1. The van der Waals surface area contributed by atoms with Crippen molar-refractivity contribution in [1.29, 1.82) is 0 Å². The Bertz CT molecular complexity index is 502. The fourth-order valence-corrected chi connectivity index (χ4v) is 1.61. The summed E-state index contributed by atoms with van der Waals surface area (Å²) in [4.78, 5) is 33.9. The van der Waals surface area contributed by atoms with Gasteiger partial charge in [-0.05, 0) is 6.07 Å². The van der Waals surface area contributed by atoms with Crippen LogP contribution in [-0.2, 0) is 4.79 Å². The molecule has 0 heterocycles. The van der Waals surface area contributed by atoms with Gasteiger partial charge < -0.3 is 10.2 Å². The predicted molar refractivity (Wildman–Crippen MR) is 70.4 cm³/mol. The van der Waals surface area contributed by atoms with Gasteiger partial charge in [-0.1, -0.05) is 0 Å². The molecule has 0 bridgehead atoms. The van der Waals surface area contributed by atoms with E-state index >= 15 is 0 Å². The SMILES string of the molecule is CNC(=O)CCN(C)c1ccc([N+](=O)[O-])cc1C=O. The Morgan fingerprint density at radius 1 is 1.53 bits per heavy atom. The number of nitro groups is 1. The second-order valence-corrected chi connectivity index (χ2v) is 3.96. The Hall–Kier alpha value is -2.44. The maximum Gasteiger partial charge on any atom is 0.270 e. The molecule has 0 aliphatic carbocycles. The number of rotatable bonds is 6. The number of non-ortho nitro benzene ring substituents is 1. The van der Waals surface area contributed by atoms with Crippen LogP contribution in [0, 0.1) is 10.1 Å². The largest absolute Gasteiger partial charge is 0.373 e. The summed E-state index contributed by atoms with van der Waals surface area (Å²) in [6.45, 7) is 0.415. The van der Waals surface area contributed by atoms with Gasteiger partial charge in [-0.25, -0.2) is 0 Å². The summed E-state index contributed by atoms with van der Waals surface area (Å²) in [5.41, 5.74) is 0.656. The van der Waals surface area contributed by atoms with Crippen molar-refractivity contribution in [3.05, 3.63) is 33.9 Å². The molecule has 0 saturated carbocycles. The van der Waals surface area contributed by atoms with E-state index in [1.807, 2.05) is 0 Å². The first-order valence-electron chi connectivity index (χ1n) is 5.65. The summed E-state index contributed by atoms with van der Waals surface area (Å²) >= 11 is 0. The highest BCUT2D eigenvalue weighted by Gasteiger charge is 2.13. The molecule has 0 saturated heterocycles. The number of benzene rings is 1. The average molecular weight is 265 g/mol. The first-order chi connectivity index (χ1) is 8.99. The van der Waals surface area contributed by atoms with Gasteiger partial charge in [0.15, 0.2) is 6.29 Å². The van der Waals surface area contributed by atoms with E-state index in [1.165, 1.54) is 18.2 Å². The van der Waals surface area contributed by atoms with Gasteiger partial charge >= 0.3 is 0 Å². The molecule has 102 valence electrons. The van der Waals surface area contributed by atoms with E-state index in [2.05, 4.69) is 5.32 Å². The molecule has 7 heteroatoms. The van der Waals surface area contributed by atoms with Gasteiger partial charge in [0.05, 0.1) is 4.92 Å². The monoisotopic (exact) mass is 265 g/mol. The number of nitrogens with zero attached hydrogens (tertiary/aromatic N) is 2. The first kappa shape index (κ1) is 14.6. The number of amides is 1. The number of carbonyl (C=O) groups excluding carboxylic acids is 2. The molecule has 1 aromatic carbocycles. The topological polar surface area (TPSA) is 92.6 Å². The van der Waals surface area contributed by atoms with Crippen molar-refractivity contribution in [2.45, 2.75) is 6.42 Å². The highest BCUT2D eigenvalue weighted by Crippen LogP contribution is 2.23. The lowest BCUT2D eigenvalue weighted by Gasteiger charge is -2.20. The van der Waals surface area contributed by atoms with Crippen LogP contribution < -0.4 is 10.2 Å². The molecule has 0 aliphatic heterocycles. The smallest absolute Gasteiger partial charge is 0.270 e. The zero-order valence-electron chi connectivity index (χ0n) is 10.8. The van der Waals surface area contributed by atoms with Crippen molar-refractivity contribution in [2.75, 3.05) is 25.5 Å². The number of nitro benzene ring substituents is 1. The molecule has 0 aromatic heterocycles. The lowest BCUT2D eigenvalue weighted by atomic mass is 10.1. The van der Waals surface area contributed by atoms with Crippen molar-refractivity contribution in [3.8, 4) is 0 Å². The lowest BCUT2D eigenvalue weighted by molar-refractivity contribution is -0.384. The number of aldehydes is 1. The van der Waals surface area contributed by atoms with Crippen molar-refractivity contribution in [2.24, 2.45) is 0 Å². The normalized spacial score (nSPS) is 9.79. The third-order valence-electron chi connectivity index (χ3n) is 2.71. The van der Waals surface area contributed by atoms with Crippen LogP contribution in [-0.4, -0.2) is 37.8 Å². The minimum absolute atomic E-state index is 0.110. The number of carbonyl (C=O) groups is 2. The average Bonchev–Trinajstić information content (AvgIpc) is 2.43. The Balaban J connectivity index is 2.90. The second kappa shape index (κ2) is 6.48. The molecule has 19 heavy (non-hydrogen) atoms. The molecular formula is C12H15N3O4. The molecular weight excluding hydrogens is 250 g/mol. The number of hydrogen-bond donors (Lipinski definition) is 1. The number of anilines is 1. The maximum absolute atomic E-state index is 11.1. The van der Waals surface area contributed by atoms with Gasteiger partial charge in [-0.15, -0.1) is 0 Å². The lowest BCUT2D eigenvalue weighted by Crippen LogP contribution is -2.26. The molecule has 0 radical (unpaired) electrons. The van der Waals surface area contributed by atoms with Gasteiger partial charge in [0.1, 0.15) is 0 Å². The van der Waals surface area contributed by atoms with Gasteiger partial charge in [-0.3, -0.25) is 19.7 Å². The van der Waals surface area contributed by atoms with E-state index in [9.17, 15) is 19.7 Å². The van der Waals surface area contributed by atoms with Crippen LogP contribution in [0.15, 0.2) is 18.2 Å². The molecule has 0 atom stereocenters. The molecule has 7 nitrogen and oxygen atoms in total. The summed E-state index contributed by atoms with van der Waals surface area (Å²) in [5.74, 6) is -0.110. The van der Waals surface area contributed by atoms with Crippen LogP contribution in [0.4, 0.5) is 11.4 Å². The Morgan fingerprint density at radius 2 is 2.21 bits per heavy atom. The van der Waals surface area contributed by atoms with Crippen molar-refractivity contribution in [1.82, 2.24) is 5.32 Å². The van der Waals surface area contributed by atoms with Crippen LogP contribution in [0.3, 0.4) is 0 Å². The number of hydrogen-bond acceptors (Lipinski definition) is 5. The van der Waals surface area contributed by atoms with E-state index in [0.717, 1.165) is 0 Å². The highest BCUT2D eigenvalue weighted by molar-refractivity contribution is 5.86. The molecule has 1 N–H and O–H groups in total. The van der Waals surface area contributed by atoms with Crippen LogP contribution in [0.25, 0.3) is 0 Å². The van der Waals surface area contributed by atoms with E-state index < -0.39 is 4.92 Å². The van der Waals surface area contributed by atoms with Gasteiger partial charge in [0.2, 0.25) is 5.91 Å². The second-order valence-electron chi connectivity index (χ2n) is 3.96. The summed E-state index contributed by atoms with van der Waals surface area (Å²) in [7, 11) is 3.27. The highest BCUT2D eigenvalue weighted by atomic mass is 16.6. The van der Waals surface area contributed by atoms with Crippen molar-refractivity contribution >= 4 is 23.6 Å². The molecule has 1 amide bonds. The first-order valence-corrected chi connectivity index (χ1v) is 5.65. The van der Waals surface area contributed by atoms with E-state index in [4.69, 9.17) is 0 Å². The van der Waals surface area contributed by atoms with E-state index in [1.54, 1.807) is 19.0 Å². The van der Waals surface area contributed by atoms with Gasteiger partial charge in [0, 0.05) is 50.4 Å². The zero-order chi connectivity index (χ0) is 14.4. The summed E-state index contributed by atoms with van der Waals surface area (Å²) in [5, 5.41) is 13.1. The minimum atomic E-state index is -0.554. The Labute approximate surface area is 110 Å². The zero-order valence-corrected chi connectivity index (χ0v) is 10.8. The van der Waals surface area contributed by atoms with Crippen LogP contribution in [0.5, 0.6) is 0 Å². The Kier molecular flexibility index (Phi) is 4.99. The summed E-state index contributed by atoms with van der Waals surface area (Å²) < 4.78 is 0. The third-order valence-corrected chi connectivity index (χ3v) is 2.71. The molecule has 0 spiro atoms. The third kappa shape index (κ3) is 3.77. The van der Waals surface area contributed by atoms with Gasteiger partial charge in [-0.2, -0.15) is 0 Å². The predicted octanol–water partition coefficient (Wildman–Crippen LogP) is 0.980. The standard InChI is InChI=1S/C12H15N3O4/c1-13-12(17)5-6-14(2)11-4-3-10(15(18)19)7-9(11)8-16/h3-4,7-8H,5-6H2,1-2H3,(H,13,17). The van der Waals surface area contributed by atoms with E-state index in [-0.39, 0.29) is 23.6 Å². The van der Waals surface area contributed by atoms with Crippen molar-refractivity contribution < 1.29 is 14.5 Å². The van der Waals surface area contributed by atoms with Crippen molar-refractivity contribution in [3.63, 3.8) is 0 Å². The van der Waals surface area contributed by atoms with Gasteiger partial charge in [0.25, 0.3) is 5.69 Å². The fourth-order valence-electron chi connectivity index (χ4n) is 1.61.